The van der Waals surface area contributed by atoms with Crippen molar-refractivity contribution in [2.45, 2.75) is 10.9 Å². The van der Waals surface area contributed by atoms with Gasteiger partial charge in [0.15, 0.2) is 22.5 Å². The number of nitrogens with zero attached hydrogens (tertiary/aromatic N) is 3. The summed E-state index contributed by atoms with van der Waals surface area (Å²) in [6, 6.07) is 17.9. The minimum atomic E-state index is -0.254. The van der Waals surface area contributed by atoms with E-state index in [1.165, 1.54) is 17.8 Å². The molecule has 9 heteroatoms. The predicted molar refractivity (Wildman–Crippen MR) is 129 cm³/mol. The number of rotatable bonds is 9. The van der Waals surface area contributed by atoms with E-state index >= 15 is 0 Å². The van der Waals surface area contributed by atoms with Crippen molar-refractivity contribution in [2.75, 3.05) is 28.4 Å². The quantitative estimate of drug-likeness (QED) is 0.297. The molecule has 0 atom stereocenters. The van der Waals surface area contributed by atoms with Crippen LogP contribution in [0.4, 0.5) is 4.39 Å². The van der Waals surface area contributed by atoms with Crippen LogP contribution in [0.2, 0.25) is 0 Å². The van der Waals surface area contributed by atoms with E-state index in [9.17, 15) is 4.39 Å². The van der Waals surface area contributed by atoms with Gasteiger partial charge in [-0.2, -0.15) is 0 Å². The van der Waals surface area contributed by atoms with Crippen LogP contribution in [0.25, 0.3) is 17.1 Å². The van der Waals surface area contributed by atoms with Crippen molar-refractivity contribution in [2.24, 2.45) is 0 Å². The zero-order chi connectivity index (χ0) is 24.1. The van der Waals surface area contributed by atoms with Crippen LogP contribution in [0.15, 0.2) is 65.8 Å². The zero-order valence-electron chi connectivity index (χ0n) is 19.2. The summed E-state index contributed by atoms with van der Waals surface area (Å²) in [7, 11) is 6.29. The standard InChI is InChI=1S/C25H24FN3O4S/c1-30-19-11-9-18(10-12-19)29-24(17-13-21(31-2)23(33-4)22(14-17)32-3)27-28-25(29)34-15-16-7-5-6-8-20(16)26/h5-14H,15H2,1-4H3. The van der Waals surface area contributed by atoms with Crippen molar-refractivity contribution in [1.82, 2.24) is 14.8 Å². The predicted octanol–water partition coefficient (Wildman–Crippen LogP) is 5.40. The summed E-state index contributed by atoms with van der Waals surface area (Å²) in [4.78, 5) is 0. The number of benzene rings is 3. The summed E-state index contributed by atoms with van der Waals surface area (Å²) >= 11 is 1.39. The molecule has 0 aliphatic rings. The van der Waals surface area contributed by atoms with Crippen molar-refractivity contribution in [3.05, 3.63) is 72.0 Å². The number of aromatic nitrogens is 3. The van der Waals surface area contributed by atoms with Crippen LogP contribution in [-0.2, 0) is 5.75 Å². The van der Waals surface area contributed by atoms with E-state index in [4.69, 9.17) is 18.9 Å². The minimum Gasteiger partial charge on any atom is -0.497 e. The molecule has 7 nitrogen and oxygen atoms in total. The van der Waals surface area contributed by atoms with E-state index in [2.05, 4.69) is 10.2 Å². The first-order valence-electron chi connectivity index (χ1n) is 10.4. The van der Waals surface area contributed by atoms with Crippen molar-refractivity contribution in [3.63, 3.8) is 0 Å². The Morgan fingerprint density at radius 2 is 1.50 bits per heavy atom. The fourth-order valence-electron chi connectivity index (χ4n) is 3.48. The van der Waals surface area contributed by atoms with Crippen LogP contribution in [0.3, 0.4) is 0 Å². The van der Waals surface area contributed by atoms with Crippen LogP contribution in [0.5, 0.6) is 23.0 Å². The molecule has 0 bridgehead atoms. The number of ether oxygens (including phenoxy) is 4. The van der Waals surface area contributed by atoms with E-state index in [1.54, 1.807) is 40.6 Å². The van der Waals surface area contributed by atoms with Crippen LogP contribution in [0, 0.1) is 5.82 Å². The Balaban J connectivity index is 1.82. The molecule has 1 heterocycles. The lowest BCUT2D eigenvalue weighted by molar-refractivity contribution is 0.324. The molecule has 4 rings (SSSR count). The van der Waals surface area contributed by atoms with Crippen molar-refractivity contribution in [1.29, 1.82) is 0 Å². The molecule has 0 radical (unpaired) electrons. The van der Waals surface area contributed by atoms with E-state index in [-0.39, 0.29) is 5.82 Å². The molecule has 34 heavy (non-hydrogen) atoms. The molecule has 0 aliphatic carbocycles. The molecule has 4 aromatic rings. The van der Waals surface area contributed by atoms with E-state index in [1.807, 2.05) is 47.0 Å². The van der Waals surface area contributed by atoms with Gasteiger partial charge in [0.1, 0.15) is 11.6 Å². The van der Waals surface area contributed by atoms with Gasteiger partial charge in [-0.25, -0.2) is 4.39 Å². The first-order valence-corrected chi connectivity index (χ1v) is 11.3. The normalized spacial score (nSPS) is 10.7. The number of methoxy groups -OCH3 is 4. The van der Waals surface area contributed by atoms with Gasteiger partial charge in [0.2, 0.25) is 5.75 Å². The molecular weight excluding hydrogens is 457 g/mol. The maximum atomic E-state index is 14.2. The van der Waals surface area contributed by atoms with Gasteiger partial charge in [0, 0.05) is 17.0 Å². The molecule has 0 unspecified atom stereocenters. The van der Waals surface area contributed by atoms with Crippen LogP contribution in [0.1, 0.15) is 5.56 Å². The third-order valence-corrected chi connectivity index (χ3v) is 6.18. The van der Waals surface area contributed by atoms with E-state index < -0.39 is 0 Å². The molecule has 0 aliphatic heterocycles. The summed E-state index contributed by atoms with van der Waals surface area (Å²) in [5.74, 6) is 2.93. The molecule has 0 amide bonds. The summed E-state index contributed by atoms with van der Waals surface area (Å²) in [6.45, 7) is 0. The Morgan fingerprint density at radius 1 is 0.824 bits per heavy atom. The number of hydrogen-bond donors (Lipinski definition) is 0. The lowest BCUT2D eigenvalue weighted by atomic mass is 10.1. The minimum absolute atomic E-state index is 0.254. The Labute approximate surface area is 201 Å². The molecular formula is C25H24FN3O4S. The Morgan fingerprint density at radius 3 is 2.09 bits per heavy atom. The van der Waals surface area contributed by atoms with Gasteiger partial charge in [0.25, 0.3) is 0 Å². The monoisotopic (exact) mass is 481 g/mol. The van der Waals surface area contributed by atoms with Crippen molar-refractivity contribution < 1.29 is 23.3 Å². The lowest BCUT2D eigenvalue weighted by Gasteiger charge is -2.15. The van der Waals surface area contributed by atoms with Gasteiger partial charge in [-0.3, -0.25) is 4.57 Å². The third-order valence-electron chi connectivity index (χ3n) is 5.20. The summed E-state index contributed by atoms with van der Waals surface area (Å²) in [5, 5.41) is 9.49. The molecule has 0 saturated heterocycles. The highest BCUT2D eigenvalue weighted by molar-refractivity contribution is 7.98. The molecule has 0 fully saturated rings. The summed E-state index contributed by atoms with van der Waals surface area (Å²) in [6.07, 6.45) is 0. The van der Waals surface area contributed by atoms with Gasteiger partial charge in [-0.05, 0) is 48.0 Å². The molecule has 1 aromatic heterocycles. The van der Waals surface area contributed by atoms with Crippen LogP contribution < -0.4 is 18.9 Å². The van der Waals surface area contributed by atoms with Crippen LogP contribution in [-0.4, -0.2) is 43.2 Å². The largest absolute Gasteiger partial charge is 0.497 e. The lowest BCUT2D eigenvalue weighted by Crippen LogP contribution is -2.02. The first-order chi connectivity index (χ1) is 16.6. The number of hydrogen-bond acceptors (Lipinski definition) is 7. The van der Waals surface area contributed by atoms with Crippen molar-refractivity contribution >= 4 is 11.8 Å². The van der Waals surface area contributed by atoms with Gasteiger partial charge < -0.3 is 18.9 Å². The Hall–Kier alpha value is -3.72. The first kappa shape index (κ1) is 23.4. The second kappa shape index (κ2) is 10.5. The highest BCUT2D eigenvalue weighted by Gasteiger charge is 2.21. The molecule has 3 aromatic carbocycles. The Bertz CT molecular complexity index is 1250. The zero-order valence-corrected chi connectivity index (χ0v) is 20.1. The average molecular weight is 482 g/mol. The molecule has 0 saturated carbocycles. The van der Waals surface area contributed by atoms with E-state index in [0.29, 0.717) is 39.5 Å². The second-order valence-electron chi connectivity index (χ2n) is 7.13. The maximum absolute atomic E-state index is 14.2. The summed E-state index contributed by atoms with van der Waals surface area (Å²) in [5.41, 5.74) is 2.13. The highest BCUT2D eigenvalue weighted by atomic mass is 32.2. The van der Waals surface area contributed by atoms with Gasteiger partial charge >= 0.3 is 0 Å². The highest BCUT2D eigenvalue weighted by Crippen LogP contribution is 2.42. The number of halogens is 1. The molecule has 176 valence electrons. The van der Waals surface area contributed by atoms with E-state index in [0.717, 1.165) is 17.0 Å². The fourth-order valence-corrected chi connectivity index (χ4v) is 4.42. The van der Waals surface area contributed by atoms with Gasteiger partial charge in [-0.15, -0.1) is 10.2 Å². The molecule has 0 spiro atoms. The van der Waals surface area contributed by atoms with Crippen LogP contribution >= 0.6 is 11.8 Å². The maximum Gasteiger partial charge on any atom is 0.203 e. The Kier molecular flexibility index (Phi) is 7.22. The average Bonchev–Trinajstić information content (AvgIpc) is 3.31. The second-order valence-corrected chi connectivity index (χ2v) is 8.08. The van der Waals surface area contributed by atoms with Gasteiger partial charge in [0.05, 0.1) is 28.4 Å². The number of thioether (sulfide) groups is 1. The topological polar surface area (TPSA) is 67.6 Å². The smallest absolute Gasteiger partial charge is 0.203 e. The fraction of sp³-hybridized carbons (Fsp3) is 0.200. The van der Waals surface area contributed by atoms with Gasteiger partial charge in [-0.1, -0.05) is 30.0 Å². The SMILES string of the molecule is COc1ccc(-n2c(SCc3ccccc3F)nnc2-c2cc(OC)c(OC)c(OC)c2)cc1. The third kappa shape index (κ3) is 4.65. The summed E-state index contributed by atoms with van der Waals surface area (Å²) < 4.78 is 37.9. The molecule has 0 N–H and O–H groups in total. The van der Waals surface area contributed by atoms with Crippen molar-refractivity contribution in [3.8, 4) is 40.1 Å².